The lowest BCUT2D eigenvalue weighted by molar-refractivity contribution is -0.120. The lowest BCUT2D eigenvalue weighted by atomic mass is 10.2. The van der Waals surface area contributed by atoms with Gasteiger partial charge in [-0.05, 0) is 25.8 Å². The van der Waals surface area contributed by atoms with Crippen LogP contribution in [0.25, 0.3) is 0 Å². The average molecular weight is 227 g/mol. The molecule has 0 aromatic rings. The quantitative estimate of drug-likeness (QED) is 0.592. The minimum Gasteiger partial charge on any atom is -0.355 e. The number of nitrogens with one attached hydrogen (secondary N) is 2. The van der Waals surface area contributed by atoms with Crippen LogP contribution in [0.4, 0.5) is 0 Å². The minimum atomic E-state index is 0.0998. The van der Waals surface area contributed by atoms with Gasteiger partial charge in [0.1, 0.15) is 0 Å². The Balaban J connectivity index is 1.91. The van der Waals surface area contributed by atoms with Crippen LogP contribution in [0.2, 0.25) is 0 Å². The molecular formula is C12H25N3O. The van der Waals surface area contributed by atoms with E-state index in [4.69, 9.17) is 0 Å². The molecule has 1 amide bonds. The standard InChI is InChI=1S/C12H25N3O/c1-10(2)8-14-12(16)9-13-6-7-15(3)11-4-5-11/h10-11,13H,4-9H2,1-3H3,(H,14,16). The Morgan fingerprint density at radius 2 is 2.12 bits per heavy atom. The molecule has 1 aliphatic rings. The van der Waals surface area contributed by atoms with Crippen molar-refractivity contribution in [2.75, 3.05) is 33.2 Å². The molecule has 1 saturated carbocycles. The van der Waals surface area contributed by atoms with E-state index in [1.165, 1.54) is 12.8 Å². The Labute approximate surface area is 98.8 Å². The lowest BCUT2D eigenvalue weighted by Gasteiger charge is -2.15. The van der Waals surface area contributed by atoms with E-state index in [1.54, 1.807) is 0 Å². The molecule has 0 unspecified atom stereocenters. The van der Waals surface area contributed by atoms with Gasteiger partial charge in [-0.15, -0.1) is 0 Å². The van der Waals surface area contributed by atoms with Gasteiger partial charge in [-0.2, -0.15) is 0 Å². The van der Waals surface area contributed by atoms with Gasteiger partial charge in [-0.3, -0.25) is 4.79 Å². The Bertz CT molecular complexity index is 214. The molecule has 0 saturated heterocycles. The summed E-state index contributed by atoms with van der Waals surface area (Å²) in [5.74, 6) is 0.618. The first-order valence-electron chi connectivity index (χ1n) is 6.27. The molecule has 4 heteroatoms. The van der Waals surface area contributed by atoms with Crippen molar-refractivity contribution >= 4 is 5.91 Å². The van der Waals surface area contributed by atoms with Gasteiger partial charge in [0.25, 0.3) is 0 Å². The van der Waals surface area contributed by atoms with Gasteiger partial charge < -0.3 is 15.5 Å². The van der Waals surface area contributed by atoms with Gasteiger partial charge in [0.15, 0.2) is 0 Å². The molecule has 1 fully saturated rings. The maximum atomic E-state index is 11.4. The van der Waals surface area contributed by atoms with Crippen LogP contribution in [0.5, 0.6) is 0 Å². The van der Waals surface area contributed by atoms with Gasteiger partial charge in [0.05, 0.1) is 6.54 Å². The van der Waals surface area contributed by atoms with Gasteiger partial charge in [-0.25, -0.2) is 0 Å². The molecule has 4 nitrogen and oxygen atoms in total. The monoisotopic (exact) mass is 227 g/mol. The van der Waals surface area contributed by atoms with Crippen molar-refractivity contribution in [3.05, 3.63) is 0 Å². The summed E-state index contributed by atoms with van der Waals surface area (Å²) in [5, 5.41) is 6.06. The molecule has 0 aromatic carbocycles. The fraction of sp³-hybridized carbons (Fsp3) is 0.917. The molecular weight excluding hydrogens is 202 g/mol. The van der Waals surface area contributed by atoms with Crippen LogP contribution >= 0.6 is 0 Å². The summed E-state index contributed by atoms with van der Waals surface area (Å²) in [6.07, 6.45) is 2.68. The van der Waals surface area contributed by atoms with Crippen LogP contribution in [0, 0.1) is 5.92 Å². The molecule has 0 radical (unpaired) electrons. The highest BCUT2D eigenvalue weighted by Crippen LogP contribution is 2.24. The van der Waals surface area contributed by atoms with Crippen LogP contribution in [-0.4, -0.2) is 50.1 Å². The minimum absolute atomic E-state index is 0.0998. The molecule has 0 aliphatic heterocycles. The van der Waals surface area contributed by atoms with Crippen LogP contribution in [0.1, 0.15) is 26.7 Å². The van der Waals surface area contributed by atoms with Crippen molar-refractivity contribution in [3.63, 3.8) is 0 Å². The molecule has 0 bridgehead atoms. The first-order chi connectivity index (χ1) is 7.59. The van der Waals surface area contributed by atoms with Crippen molar-refractivity contribution < 1.29 is 4.79 Å². The molecule has 0 aromatic heterocycles. The second kappa shape index (κ2) is 6.86. The van der Waals surface area contributed by atoms with E-state index in [-0.39, 0.29) is 5.91 Å². The Hall–Kier alpha value is -0.610. The molecule has 0 atom stereocenters. The SMILES string of the molecule is CC(C)CNC(=O)CNCCN(C)C1CC1. The molecule has 16 heavy (non-hydrogen) atoms. The smallest absolute Gasteiger partial charge is 0.233 e. The predicted molar refractivity (Wildman–Crippen MR) is 66.4 cm³/mol. The van der Waals surface area contributed by atoms with Crippen molar-refractivity contribution in [2.45, 2.75) is 32.7 Å². The second-order valence-electron chi connectivity index (χ2n) is 5.09. The fourth-order valence-corrected chi connectivity index (χ4v) is 1.54. The highest BCUT2D eigenvalue weighted by Gasteiger charge is 2.25. The summed E-state index contributed by atoms with van der Waals surface area (Å²) >= 11 is 0. The summed E-state index contributed by atoms with van der Waals surface area (Å²) in [6, 6.07) is 0.802. The summed E-state index contributed by atoms with van der Waals surface area (Å²) in [5.41, 5.74) is 0. The van der Waals surface area contributed by atoms with Crippen LogP contribution in [-0.2, 0) is 4.79 Å². The molecule has 1 rings (SSSR count). The van der Waals surface area contributed by atoms with E-state index >= 15 is 0 Å². The van der Waals surface area contributed by atoms with E-state index in [0.717, 1.165) is 25.7 Å². The number of likely N-dealkylation sites (N-methyl/N-ethyl adjacent to an activating group) is 1. The maximum absolute atomic E-state index is 11.4. The molecule has 94 valence electrons. The third-order valence-corrected chi connectivity index (χ3v) is 2.80. The summed E-state index contributed by atoms with van der Waals surface area (Å²) in [7, 11) is 2.15. The fourth-order valence-electron chi connectivity index (χ4n) is 1.54. The van der Waals surface area contributed by atoms with E-state index in [9.17, 15) is 4.79 Å². The summed E-state index contributed by atoms with van der Waals surface area (Å²) in [4.78, 5) is 13.7. The first kappa shape index (κ1) is 13.5. The van der Waals surface area contributed by atoms with E-state index in [0.29, 0.717) is 12.5 Å². The number of carbonyl (C=O) groups is 1. The molecule has 0 spiro atoms. The molecule has 1 aliphatic carbocycles. The number of nitrogens with zero attached hydrogens (tertiary/aromatic N) is 1. The maximum Gasteiger partial charge on any atom is 0.233 e. The van der Waals surface area contributed by atoms with Crippen molar-refractivity contribution in [2.24, 2.45) is 5.92 Å². The zero-order chi connectivity index (χ0) is 12.0. The van der Waals surface area contributed by atoms with Crippen LogP contribution in [0.15, 0.2) is 0 Å². The predicted octanol–water partition coefficient (Wildman–Crippen LogP) is 0.442. The number of hydrogen-bond acceptors (Lipinski definition) is 3. The Morgan fingerprint density at radius 1 is 1.44 bits per heavy atom. The van der Waals surface area contributed by atoms with Crippen molar-refractivity contribution in [1.29, 1.82) is 0 Å². The summed E-state index contributed by atoms with van der Waals surface area (Å²) in [6.45, 7) is 7.31. The van der Waals surface area contributed by atoms with Crippen LogP contribution in [0.3, 0.4) is 0 Å². The Kier molecular flexibility index (Phi) is 5.77. The van der Waals surface area contributed by atoms with E-state index in [1.807, 2.05) is 0 Å². The normalized spacial score (nSPS) is 15.8. The second-order valence-corrected chi connectivity index (χ2v) is 5.09. The molecule has 2 N–H and O–H groups in total. The zero-order valence-electron chi connectivity index (χ0n) is 10.8. The van der Waals surface area contributed by atoms with Crippen molar-refractivity contribution in [3.8, 4) is 0 Å². The third-order valence-electron chi connectivity index (χ3n) is 2.80. The van der Waals surface area contributed by atoms with Gasteiger partial charge >= 0.3 is 0 Å². The summed E-state index contributed by atoms with van der Waals surface area (Å²) < 4.78 is 0. The van der Waals surface area contributed by atoms with Crippen LogP contribution < -0.4 is 10.6 Å². The number of hydrogen-bond donors (Lipinski definition) is 2. The highest BCUT2D eigenvalue weighted by atomic mass is 16.1. The van der Waals surface area contributed by atoms with Gasteiger partial charge in [0.2, 0.25) is 5.91 Å². The lowest BCUT2D eigenvalue weighted by Crippen LogP contribution is -2.38. The van der Waals surface area contributed by atoms with Gasteiger partial charge in [0, 0.05) is 25.7 Å². The first-order valence-corrected chi connectivity index (χ1v) is 6.27. The highest BCUT2D eigenvalue weighted by molar-refractivity contribution is 5.77. The topological polar surface area (TPSA) is 44.4 Å². The molecule has 0 heterocycles. The number of amides is 1. The van der Waals surface area contributed by atoms with E-state index in [2.05, 4.69) is 36.4 Å². The average Bonchev–Trinajstić information content (AvgIpc) is 3.04. The Morgan fingerprint density at radius 3 is 2.69 bits per heavy atom. The zero-order valence-corrected chi connectivity index (χ0v) is 10.8. The number of carbonyl (C=O) groups excluding carboxylic acids is 1. The van der Waals surface area contributed by atoms with E-state index < -0.39 is 0 Å². The van der Waals surface area contributed by atoms with Gasteiger partial charge in [-0.1, -0.05) is 13.8 Å². The largest absolute Gasteiger partial charge is 0.355 e. The number of rotatable bonds is 8. The third kappa shape index (κ3) is 6.08. The van der Waals surface area contributed by atoms with Crippen molar-refractivity contribution in [1.82, 2.24) is 15.5 Å².